The summed E-state index contributed by atoms with van der Waals surface area (Å²) in [6.45, 7) is 6.54. The SMILES string of the molecule is CCC(C)(O)CNCc1ccc(NC(C)=O)cc1. The van der Waals surface area contributed by atoms with Gasteiger partial charge < -0.3 is 15.7 Å². The summed E-state index contributed by atoms with van der Waals surface area (Å²) in [5, 5.41) is 15.8. The highest BCUT2D eigenvalue weighted by atomic mass is 16.3. The molecule has 18 heavy (non-hydrogen) atoms. The van der Waals surface area contributed by atoms with Crippen molar-refractivity contribution in [1.29, 1.82) is 0 Å². The zero-order valence-electron chi connectivity index (χ0n) is 11.3. The van der Waals surface area contributed by atoms with Gasteiger partial charge in [-0.3, -0.25) is 4.79 Å². The van der Waals surface area contributed by atoms with Crippen LogP contribution in [0.15, 0.2) is 24.3 Å². The van der Waals surface area contributed by atoms with E-state index < -0.39 is 5.60 Å². The molecule has 0 saturated heterocycles. The number of carbonyl (C=O) groups is 1. The molecule has 1 unspecified atom stereocenters. The topological polar surface area (TPSA) is 61.4 Å². The molecule has 4 nitrogen and oxygen atoms in total. The number of carbonyl (C=O) groups excluding carboxylic acids is 1. The molecule has 0 aliphatic carbocycles. The van der Waals surface area contributed by atoms with Gasteiger partial charge in [0, 0.05) is 25.7 Å². The van der Waals surface area contributed by atoms with Crippen LogP contribution < -0.4 is 10.6 Å². The van der Waals surface area contributed by atoms with Crippen molar-refractivity contribution in [2.45, 2.75) is 39.3 Å². The minimum atomic E-state index is -0.657. The number of hydrogen-bond acceptors (Lipinski definition) is 3. The van der Waals surface area contributed by atoms with Crippen LogP contribution in [-0.2, 0) is 11.3 Å². The van der Waals surface area contributed by atoms with Crippen LogP contribution in [0.1, 0.15) is 32.8 Å². The van der Waals surface area contributed by atoms with Gasteiger partial charge in [-0.15, -0.1) is 0 Å². The summed E-state index contributed by atoms with van der Waals surface area (Å²) < 4.78 is 0. The molecule has 3 N–H and O–H groups in total. The Hall–Kier alpha value is -1.39. The van der Waals surface area contributed by atoms with Gasteiger partial charge >= 0.3 is 0 Å². The highest BCUT2D eigenvalue weighted by Gasteiger charge is 2.16. The van der Waals surface area contributed by atoms with Crippen molar-refractivity contribution in [3.63, 3.8) is 0 Å². The minimum Gasteiger partial charge on any atom is -0.389 e. The molecule has 0 heterocycles. The first-order valence-electron chi connectivity index (χ1n) is 6.22. The van der Waals surface area contributed by atoms with Gasteiger partial charge in [0.05, 0.1) is 5.60 Å². The summed E-state index contributed by atoms with van der Waals surface area (Å²) in [5.74, 6) is -0.0696. The average Bonchev–Trinajstić information content (AvgIpc) is 2.30. The minimum absolute atomic E-state index is 0.0696. The molecule has 4 heteroatoms. The van der Waals surface area contributed by atoms with E-state index >= 15 is 0 Å². The number of anilines is 1. The van der Waals surface area contributed by atoms with Crippen LogP contribution in [0.4, 0.5) is 5.69 Å². The fourth-order valence-electron chi connectivity index (χ4n) is 1.51. The first-order chi connectivity index (χ1) is 8.43. The Morgan fingerprint density at radius 3 is 2.44 bits per heavy atom. The Kier molecular flexibility index (Phi) is 5.31. The van der Waals surface area contributed by atoms with Crippen molar-refractivity contribution in [1.82, 2.24) is 5.32 Å². The number of hydrogen-bond donors (Lipinski definition) is 3. The summed E-state index contributed by atoms with van der Waals surface area (Å²) >= 11 is 0. The third-order valence-electron chi connectivity index (χ3n) is 2.87. The maximum absolute atomic E-state index is 10.9. The van der Waals surface area contributed by atoms with Crippen LogP contribution in [0.25, 0.3) is 0 Å². The van der Waals surface area contributed by atoms with Crippen LogP contribution in [0.5, 0.6) is 0 Å². The van der Waals surface area contributed by atoms with E-state index in [1.54, 1.807) is 0 Å². The Balaban J connectivity index is 2.42. The zero-order valence-corrected chi connectivity index (χ0v) is 11.3. The third-order valence-corrected chi connectivity index (χ3v) is 2.87. The average molecular weight is 250 g/mol. The molecule has 0 aliphatic rings. The van der Waals surface area contributed by atoms with Gasteiger partial charge in [-0.25, -0.2) is 0 Å². The lowest BCUT2D eigenvalue weighted by atomic mass is 10.0. The van der Waals surface area contributed by atoms with Crippen molar-refractivity contribution in [2.75, 3.05) is 11.9 Å². The molecule has 1 aromatic rings. The molecule has 0 spiro atoms. The van der Waals surface area contributed by atoms with Gasteiger partial charge in [0.25, 0.3) is 0 Å². The van der Waals surface area contributed by atoms with Crippen molar-refractivity contribution in [2.24, 2.45) is 0 Å². The van der Waals surface area contributed by atoms with E-state index in [4.69, 9.17) is 0 Å². The Morgan fingerprint density at radius 1 is 1.33 bits per heavy atom. The number of nitrogens with one attached hydrogen (secondary N) is 2. The molecule has 0 bridgehead atoms. The van der Waals surface area contributed by atoms with Crippen molar-refractivity contribution in [3.8, 4) is 0 Å². The molecule has 0 fully saturated rings. The fraction of sp³-hybridized carbons (Fsp3) is 0.500. The molecule has 1 aromatic carbocycles. The quantitative estimate of drug-likeness (QED) is 0.722. The van der Waals surface area contributed by atoms with E-state index in [0.717, 1.165) is 17.7 Å². The summed E-state index contributed by atoms with van der Waals surface area (Å²) in [6.07, 6.45) is 0.724. The van der Waals surface area contributed by atoms with E-state index in [0.29, 0.717) is 13.1 Å². The summed E-state index contributed by atoms with van der Waals surface area (Å²) in [5.41, 5.74) is 1.26. The van der Waals surface area contributed by atoms with E-state index in [9.17, 15) is 9.90 Å². The second-order valence-corrected chi connectivity index (χ2v) is 4.83. The van der Waals surface area contributed by atoms with Gasteiger partial charge in [0.15, 0.2) is 0 Å². The molecule has 0 aromatic heterocycles. The number of benzene rings is 1. The number of aliphatic hydroxyl groups is 1. The second kappa shape index (κ2) is 6.52. The van der Waals surface area contributed by atoms with E-state index in [2.05, 4.69) is 10.6 Å². The molecule has 0 saturated carbocycles. The zero-order chi connectivity index (χ0) is 13.6. The van der Waals surface area contributed by atoms with E-state index in [1.807, 2.05) is 38.1 Å². The van der Waals surface area contributed by atoms with Gasteiger partial charge in [0.1, 0.15) is 0 Å². The monoisotopic (exact) mass is 250 g/mol. The lowest BCUT2D eigenvalue weighted by Crippen LogP contribution is -2.36. The van der Waals surface area contributed by atoms with Gasteiger partial charge in [-0.05, 0) is 31.0 Å². The van der Waals surface area contributed by atoms with Crippen molar-refractivity contribution < 1.29 is 9.90 Å². The predicted octanol–water partition coefficient (Wildman–Crippen LogP) is 1.90. The molecular formula is C14H22N2O2. The molecule has 0 radical (unpaired) electrons. The highest BCUT2D eigenvalue weighted by molar-refractivity contribution is 5.88. The molecule has 100 valence electrons. The number of rotatable bonds is 6. The van der Waals surface area contributed by atoms with E-state index in [-0.39, 0.29) is 5.91 Å². The van der Waals surface area contributed by atoms with Gasteiger partial charge in [-0.1, -0.05) is 19.1 Å². The smallest absolute Gasteiger partial charge is 0.221 e. The Bertz CT molecular complexity index is 385. The molecule has 1 atom stereocenters. The maximum atomic E-state index is 10.9. The van der Waals surface area contributed by atoms with Crippen LogP contribution in [0.3, 0.4) is 0 Å². The first-order valence-corrected chi connectivity index (χ1v) is 6.22. The van der Waals surface area contributed by atoms with E-state index in [1.165, 1.54) is 6.92 Å². The van der Waals surface area contributed by atoms with Crippen molar-refractivity contribution in [3.05, 3.63) is 29.8 Å². The number of amides is 1. The predicted molar refractivity (Wildman–Crippen MR) is 73.4 cm³/mol. The Morgan fingerprint density at radius 2 is 1.94 bits per heavy atom. The summed E-state index contributed by atoms with van der Waals surface area (Å²) in [4.78, 5) is 10.9. The summed E-state index contributed by atoms with van der Waals surface area (Å²) in [7, 11) is 0. The first kappa shape index (κ1) is 14.7. The lowest BCUT2D eigenvalue weighted by molar-refractivity contribution is -0.114. The maximum Gasteiger partial charge on any atom is 0.221 e. The molecular weight excluding hydrogens is 228 g/mol. The lowest BCUT2D eigenvalue weighted by Gasteiger charge is -2.21. The molecule has 1 amide bonds. The Labute approximate surface area is 108 Å². The normalized spacial score (nSPS) is 14.0. The second-order valence-electron chi connectivity index (χ2n) is 4.83. The standard InChI is InChI=1S/C14H22N2O2/c1-4-14(3,18)10-15-9-12-5-7-13(8-6-12)16-11(2)17/h5-8,15,18H,4,9-10H2,1-3H3,(H,16,17). The van der Waals surface area contributed by atoms with Crippen LogP contribution in [0, 0.1) is 0 Å². The van der Waals surface area contributed by atoms with Crippen LogP contribution in [0.2, 0.25) is 0 Å². The third kappa shape index (κ3) is 5.29. The van der Waals surface area contributed by atoms with Crippen LogP contribution >= 0.6 is 0 Å². The van der Waals surface area contributed by atoms with Crippen LogP contribution in [-0.4, -0.2) is 23.2 Å². The highest BCUT2D eigenvalue weighted by Crippen LogP contribution is 2.10. The largest absolute Gasteiger partial charge is 0.389 e. The molecule has 0 aliphatic heterocycles. The summed E-state index contributed by atoms with van der Waals surface area (Å²) in [6, 6.07) is 7.66. The molecule has 1 rings (SSSR count). The van der Waals surface area contributed by atoms with Crippen molar-refractivity contribution >= 4 is 11.6 Å². The van der Waals surface area contributed by atoms with Gasteiger partial charge in [0.2, 0.25) is 5.91 Å². The van der Waals surface area contributed by atoms with Gasteiger partial charge in [-0.2, -0.15) is 0 Å². The fourth-order valence-corrected chi connectivity index (χ4v) is 1.51.